The van der Waals surface area contributed by atoms with Crippen molar-refractivity contribution in [2.75, 3.05) is 28.0 Å². The van der Waals surface area contributed by atoms with Gasteiger partial charge in [0.15, 0.2) is 0 Å². The molecule has 0 radical (unpaired) electrons. The highest BCUT2D eigenvalue weighted by atomic mass is 28.4. The minimum atomic E-state index is -2.48. The fourth-order valence-electron chi connectivity index (χ4n) is 0.840. The van der Waals surface area contributed by atoms with Crippen molar-refractivity contribution in [3.8, 4) is 0 Å². The maximum Gasteiger partial charge on any atom is 0.500 e. The summed E-state index contributed by atoms with van der Waals surface area (Å²) in [7, 11) is 2.10. The van der Waals surface area contributed by atoms with Crippen molar-refractivity contribution in [3.63, 3.8) is 0 Å². The van der Waals surface area contributed by atoms with Crippen LogP contribution in [0.25, 0.3) is 0 Å². The molecule has 11 heavy (non-hydrogen) atoms. The Hall–Kier alpha value is 0.0269. The number of halogens is 1. The van der Waals surface area contributed by atoms with Crippen molar-refractivity contribution in [2.45, 2.75) is 12.5 Å². The molecule has 0 aromatic rings. The van der Waals surface area contributed by atoms with Gasteiger partial charge in [-0.15, -0.1) is 0 Å². The van der Waals surface area contributed by atoms with E-state index < -0.39 is 8.80 Å². The van der Waals surface area contributed by atoms with Crippen LogP contribution in [-0.4, -0.2) is 36.8 Å². The molecule has 5 heteroatoms. The Balaban J connectivity index is 3.84. The third-order valence-electron chi connectivity index (χ3n) is 1.55. The van der Waals surface area contributed by atoms with Crippen molar-refractivity contribution in [1.29, 1.82) is 0 Å². The van der Waals surface area contributed by atoms with E-state index in [1.54, 1.807) is 0 Å². The summed E-state index contributed by atoms with van der Waals surface area (Å²) in [6.45, 7) is -0.356. The van der Waals surface area contributed by atoms with Crippen LogP contribution in [0.3, 0.4) is 0 Å². The molecule has 0 bridgehead atoms. The first kappa shape index (κ1) is 11.0. The molecule has 0 saturated carbocycles. The zero-order valence-corrected chi connectivity index (χ0v) is 8.22. The maximum absolute atomic E-state index is 11.8. The van der Waals surface area contributed by atoms with Crippen molar-refractivity contribution >= 4 is 8.80 Å². The first-order valence-corrected chi connectivity index (χ1v) is 5.39. The number of alkyl halides is 1. The molecular formula is C6H15FO3Si. The van der Waals surface area contributed by atoms with E-state index in [0.29, 0.717) is 12.5 Å². The van der Waals surface area contributed by atoms with Gasteiger partial charge in [0.1, 0.15) is 0 Å². The minimum Gasteiger partial charge on any atom is -0.377 e. The van der Waals surface area contributed by atoms with E-state index in [0.717, 1.165) is 0 Å². The van der Waals surface area contributed by atoms with Crippen molar-refractivity contribution in [1.82, 2.24) is 0 Å². The molecule has 68 valence electrons. The Labute approximate surface area is 67.8 Å². The molecule has 0 atom stereocenters. The highest BCUT2D eigenvalue weighted by Crippen LogP contribution is 2.14. The van der Waals surface area contributed by atoms with Gasteiger partial charge in [-0.25, -0.2) is 0 Å². The summed E-state index contributed by atoms with van der Waals surface area (Å²) in [6, 6.07) is 0.535. The van der Waals surface area contributed by atoms with E-state index in [1.807, 2.05) is 0 Å². The lowest BCUT2D eigenvalue weighted by Crippen LogP contribution is -2.42. The molecule has 0 aliphatic heterocycles. The Morgan fingerprint density at radius 3 is 1.82 bits per heavy atom. The second kappa shape index (κ2) is 5.65. The normalized spacial score (nSPS) is 12.0. The van der Waals surface area contributed by atoms with Crippen LogP contribution in [0.15, 0.2) is 0 Å². The first-order valence-electron chi connectivity index (χ1n) is 3.46. The van der Waals surface area contributed by atoms with Crippen LogP contribution in [0.4, 0.5) is 4.39 Å². The molecule has 0 unspecified atom stereocenters. The maximum atomic E-state index is 11.8. The van der Waals surface area contributed by atoms with E-state index in [-0.39, 0.29) is 6.67 Å². The molecular weight excluding hydrogens is 167 g/mol. The fourth-order valence-corrected chi connectivity index (χ4v) is 2.52. The third-order valence-corrected chi connectivity index (χ3v) is 4.38. The number of rotatable bonds is 6. The van der Waals surface area contributed by atoms with Gasteiger partial charge in [-0.1, -0.05) is 0 Å². The van der Waals surface area contributed by atoms with E-state index in [1.165, 1.54) is 21.3 Å². The summed E-state index contributed by atoms with van der Waals surface area (Å²) in [5.74, 6) is 0. The van der Waals surface area contributed by atoms with Crippen molar-refractivity contribution in [2.24, 2.45) is 0 Å². The molecule has 0 aliphatic carbocycles. The van der Waals surface area contributed by atoms with Gasteiger partial charge in [0.25, 0.3) is 0 Å². The molecule has 0 heterocycles. The lowest BCUT2D eigenvalue weighted by molar-refractivity contribution is 0.122. The molecule has 0 aromatic heterocycles. The number of hydrogen-bond acceptors (Lipinski definition) is 3. The van der Waals surface area contributed by atoms with Gasteiger partial charge in [-0.2, -0.15) is 0 Å². The summed E-state index contributed by atoms with van der Waals surface area (Å²) >= 11 is 0. The number of hydrogen-bond donors (Lipinski definition) is 0. The van der Waals surface area contributed by atoms with Crippen LogP contribution in [0.2, 0.25) is 6.04 Å². The fraction of sp³-hybridized carbons (Fsp3) is 1.00. The first-order chi connectivity index (χ1) is 5.24. The zero-order chi connectivity index (χ0) is 8.74. The molecule has 3 nitrogen and oxygen atoms in total. The predicted octanol–water partition coefficient (Wildman–Crippen LogP) is 1.22. The van der Waals surface area contributed by atoms with Gasteiger partial charge in [0.2, 0.25) is 0 Å². The Morgan fingerprint density at radius 2 is 1.55 bits per heavy atom. The summed E-state index contributed by atoms with van der Waals surface area (Å²) in [4.78, 5) is 0. The lowest BCUT2D eigenvalue weighted by Gasteiger charge is -2.23. The highest BCUT2D eigenvalue weighted by molar-refractivity contribution is 6.60. The third kappa shape index (κ3) is 3.28. The topological polar surface area (TPSA) is 27.7 Å². The Kier molecular flexibility index (Phi) is 5.66. The standard InChI is InChI=1S/C6H15FO3Si/c1-8-11(9-2,10-3)6-4-5-7/h4-6H2,1-3H3. The summed E-state index contributed by atoms with van der Waals surface area (Å²) < 4.78 is 27.0. The van der Waals surface area contributed by atoms with E-state index in [4.69, 9.17) is 13.3 Å². The highest BCUT2D eigenvalue weighted by Gasteiger charge is 2.36. The van der Waals surface area contributed by atoms with Gasteiger partial charge in [-0.3, -0.25) is 4.39 Å². The zero-order valence-electron chi connectivity index (χ0n) is 7.22. The largest absolute Gasteiger partial charge is 0.500 e. The summed E-state index contributed by atoms with van der Waals surface area (Å²) in [5, 5.41) is 0. The lowest BCUT2D eigenvalue weighted by atomic mass is 10.6. The SMILES string of the molecule is CO[Si](CCCF)(OC)OC. The average Bonchev–Trinajstić information content (AvgIpc) is 2.08. The molecule has 0 N–H and O–H groups in total. The van der Waals surface area contributed by atoms with Crippen molar-refractivity contribution in [3.05, 3.63) is 0 Å². The second-order valence-corrected chi connectivity index (χ2v) is 5.18. The van der Waals surface area contributed by atoms with E-state index >= 15 is 0 Å². The van der Waals surface area contributed by atoms with Crippen LogP contribution in [-0.2, 0) is 13.3 Å². The Bertz CT molecular complexity index is 89.6. The van der Waals surface area contributed by atoms with Crippen LogP contribution < -0.4 is 0 Å². The van der Waals surface area contributed by atoms with Crippen LogP contribution in [0.1, 0.15) is 6.42 Å². The van der Waals surface area contributed by atoms with E-state index in [9.17, 15) is 4.39 Å². The van der Waals surface area contributed by atoms with Gasteiger partial charge in [-0.05, 0) is 6.42 Å². The second-order valence-electron chi connectivity index (χ2n) is 2.09. The van der Waals surface area contributed by atoms with E-state index in [2.05, 4.69) is 0 Å². The van der Waals surface area contributed by atoms with Gasteiger partial charge in [0.05, 0.1) is 6.67 Å². The smallest absolute Gasteiger partial charge is 0.377 e. The Morgan fingerprint density at radius 1 is 1.09 bits per heavy atom. The average molecular weight is 182 g/mol. The van der Waals surface area contributed by atoms with Crippen LogP contribution in [0.5, 0.6) is 0 Å². The quantitative estimate of drug-likeness (QED) is 0.578. The molecule has 0 saturated heterocycles. The van der Waals surface area contributed by atoms with Crippen molar-refractivity contribution < 1.29 is 17.7 Å². The molecule has 0 rings (SSSR count). The minimum absolute atomic E-state index is 0.356. The predicted molar refractivity (Wildman–Crippen MR) is 42.2 cm³/mol. The molecule has 0 fully saturated rings. The van der Waals surface area contributed by atoms with Gasteiger partial charge in [0, 0.05) is 27.4 Å². The van der Waals surface area contributed by atoms with Gasteiger partial charge >= 0.3 is 8.80 Å². The monoisotopic (exact) mass is 182 g/mol. The van der Waals surface area contributed by atoms with Crippen LogP contribution in [0, 0.1) is 0 Å². The molecule has 0 spiro atoms. The van der Waals surface area contributed by atoms with Crippen LogP contribution >= 0.6 is 0 Å². The summed E-state index contributed by atoms with van der Waals surface area (Å²) in [5.41, 5.74) is 0. The molecule has 0 aliphatic rings. The van der Waals surface area contributed by atoms with Gasteiger partial charge < -0.3 is 13.3 Å². The molecule has 0 amide bonds. The molecule has 0 aromatic carbocycles. The summed E-state index contributed by atoms with van der Waals surface area (Å²) in [6.07, 6.45) is 0.432.